The van der Waals surface area contributed by atoms with E-state index in [4.69, 9.17) is 4.74 Å². The summed E-state index contributed by atoms with van der Waals surface area (Å²) in [5.74, 6) is 0. The van der Waals surface area contributed by atoms with Crippen molar-refractivity contribution in [3.05, 3.63) is 101 Å². The van der Waals surface area contributed by atoms with Crippen LogP contribution in [0.15, 0.2) is 89.6 Å². The number of alkyl halides is 3. The van der Waals surface area contributed by atoms with Gasteiger partial charge in [0.1, 0.15) is 6.54 Å². The van der Waals surface area contributed by atoms with Crippen LogP contribution < -0.4 is 10.2 Å². The fourth-order valence-corrected chi connectivity index (χ4v) is 7.00. The number of fused-ring (bicyclic) bond motifs is 3. The number of benzene rings is 3. The number of halogens is 3. The number of hydrogen-bond acceptors (Lipinski definition) is 5. The number of nitrogens with one attached hydrogen (secondary N) is 1. The van der Waals surface area contributed by atoms with Crippen molar-refractivity contribution in [1.29, 1.82) is 0 Å². The van der Waals surface area contributed by atoms with Crippen molar-refractivity contribution in [1.82, 2.24) is 10.2 Å². The molecule has 0 bridgehead atoms. The van der Waals surface area contributed by atoms with Crippen LogP contribution in [0.25, 0.3) is 22.3 Å². The van der Waals surface area contributed by atoms with E-state index < -0.39 is 24.4 Å². The molecule has 0 atom stereocenters. The molecule has 6 rings (SSSR count). The predicted octanol–water partition coefficient (Wildman–Crippen LogP) is 7.92. The van der Waals surface area contributed by atoms with Crippen molar-refractivity contribution in [2.75, 3.05) is 44.2 Å². The highest BCUT2D eigenvalue weighted by Crippen LogP contribution is 2.52. The van der Waals surface area contributed by atoms with Gasteiger partial charge in [0.05, 0.1) is 0 Å². The zero-order chi connectivity index (χ0) is 29.9. The second-order valence-electron chi connectivity index (χ2n) is 11.1. The Morgan fingerprint density at radius 1 is 0.860 bits per heavy atom. The minimum absolute atomic E-state index is 0.482. The van der Waals surface area contributed by atoms with Crippen LogP contribution in [0.5, 0.6) is 0 Å². The first-order valence-electron chi connectivity index (χ1n) is 14.7. The lowest BCUT2D eigenvalue weighted by Crippen LogP contribution is -2.46. The Labute approximate surface area is 253 Å². The van der Waals surface area contributed by atoms with Crippen LogP contribution in [0.4, 0.5) is 23.7 Å². The minimum atomic E-state index is -4.52. The lowest BCUT2D eigenvalue weighted by molar-refractivity contribution is -0.124. The molecule has 3 aromatic carbocycles. The zero-order valence-electron chi connectivity index (χ0n) is 23.8. The SMILES string of the molecule is O=C(NCC(F)(F)F)OC1(CCCCN2CCN(c3cccc(-c4ccsc4)c3)CC2)c2ccccc2-c2ccccc21. The number of thiophene rings is 1. The first-order valence-corrected chi connectivity index (χ1v) is 15.6. The third kappa shape index (κ3) is 6.43. The number of ether oxygens (including phenoxy) is 1. The number of hydrogen-bond donors (Lipinski definition) is 1. The third-order valence-electron chi connectivity index (χ3n) is 8.41. The Balaban J connectivity index is 1.09. The van der Waals surface area contributed by atoms with Crippen molar-refractivity contribution in [3.63, 3.8) is 0 Å². The Morgan fingerprint density at radius 3 is 2.21 bits per heavy atom. The van der Waals surface area contributed by atoms with E-state index in [-0.39, 0.29) is 0 Å². The van der Waals surface area contributed by atoms with Crippen molar-refractivity contribution in [2.24, 2.45) is 0 Å². The van der Waals surface area contributed by atoms with Gasteiger partial charge in [-0.05, 0) is 77.0 Å². The molecule has 0 unspecified atom stereocenters. The average molecular weight is 606 g/mol. The molecule has 2 aliphatic rings. The summed E-state index contributed by atoms with van der Waals surface area (Å²) >= 11 is 1.70. The van der Waals surface area contributed by atoms with Crippen LogP contribution in [-0.2, 0) is 10.3 Å². The predicted molar refractivity (Wildman–Crippen MR) is 165 cm³/mol. The van der Waals surface area contributed by atoms with Gasteiger partial charge in [0.15, 0.2) is 5.60 Å². The van der Waals surface area contributed by atoms with E-state index in [0.717, 1.165) is 67.8 Å². The molecule has 0 spiro atoms. The molecule has 1 fully saturated rings. The van der Waals surface area contributed by atoms with Crippen molar-refractivity contribution >= 4 is 23.1 Å². The Morgan fingerprint density at radius 2 is 1.56 bits per heavy atom. The van der Waals surface area contributed by atoms with Crippen LogP contribution >= 0.6 is 11.3 Å². The maximum atomic E-state index is 12.8. The molecule has 2 heterocycles. The number of carbonyl (C=O) groups is 1. The monoisotopic (exact) mass is 605 g/mol. The maximum absolute atomic E-state index is 12.8. The molecule has 1 aliphatic heterocycles. The van der Waals surface area contributed by atoms with E-state index in [1.54, 1.807) is 11.3 Å². The minimum Gasteiger partial charge on any atom is -0.433 e. The van der Waals surface area contributed by atoms with Crippen LogP contribution in [0.3, 0.4) is 0 Å². The Kier molecular flexibility index (Phi) is 8.45. The van der Waals surface area contributed by atoms with Gasteiger partial charge in [0.2, 0.25) is 0 Å². The van der Waals surface area contributed by atoms with Gasteiger partial charge in [-0.2, -0.15) is 24.5 Å². The summed E-state index contributed by atoms with van der Waals surface area (Å²) in [5, 5.41) is 6.18. The number of alkyl carbamates (subject to hydrolysis) is 1. The van der Waals surface area contributed by atoms with E-state index in [0.29, 0.717) is 6.42 Å². The van der Waals surface area contributed by atoms with E-state index in [2.05, 4.69) is 50.9 Å². The quantitative estimate of drug-likeness (QED) is 0.197. The second kappa shape index (κ2) is 12.4. The van der Waals surface area contributed by atoms with Crippen LogP contribution in [0.2, 0.25) is 0 Å². The lowest BCUT2D eigenvalue weighted by atomic mass is 9.86. The smallest absolute Gasteiger partial charge is 0.408 e. The highest BCUT2D eigenvalue weighted by Gasteiger charge is 2.46. The number of rotatable bonds is 9. The van der Waals surface area contributed by atoms with E-state index in [1.165, 1.54) is 16.8 Å². The molecule has 4 aromatic rings. The van der Waals surface area contributed by atoms with Crippen LogP contribution in [0.1, 0.15) is 30.4 Å². The molecule has 1 saturated heterocycles. The molecule has 43 heavy (non-hydrogen) atoms. The third-order valence-corrected chi connectivity index (χ3v) is 9.09. The first kappa shape index (κ1) is 29.3. The summed E-state index contributed by atoms with van der Waals surface area (Å²) in [4.78, 5) is 17.6. The van der Waals surface area contributed by atoms with Crippen molar-refractivity contribution in [3.8, 4) is 22.3 Å². The van der Waals surface area contributed by atoms with Gasteiger partial charge in [-0.1, -0.05) is 60.7 Å². The molecule has 0 radical (unpaired) electrons. The zero-order valence-corrected chi connectivity index (χ0v) is 24.6. The van der Waals surface area contributed by atoms with Gasteiger partial charge in [0, 0.05) is 43.0 Å². The molecule has 224 valence electrons. The number of carbonyl (C=O) groups excluding carboxylic acids is 1. The Hall–Kier alpha value is -3.82. The van der Waals surface area contributed by atoms with Crippen molar-refractivity contribution < 1.29 is 22.7 Å². The molecule has 1 aliphatic carbocycles. The number of anilines is 1. The fraction of sp³-hybridized carbons (Fsp3) is 0.324. The summed E-state index contributed by atoms with van der Waals surface area (Å²) in [5.41, 5.74) is 6.10. The molecule has 1 aromatic heterocycles. The standard InChI is InChI=1S/C34H34F3N3O2S/c35-34(36,37)24-38-32(41)42-33(30-12-3-1-10-28(30)29-11-2-4-13-31(29)33)15-5-6-16-39-17-19-40(20-18-39)27-9-7-8-25(22-27)26-14-21-43-23-26/h1-4,7-14,21-23H,5-6,15-20,24H2,(H,38,41). The number of piperazine rings is 1. The summed E-state index contributed by atoms with van der Waals surface area (Å²) in [6.07, 6.45) is -3.47. The second-order valence-corrected chi connectivity index (χ2v) is 11.9. The highest BCUT2D eigenvalue weighted by molar-refractivity contribution is 7.08. The van der Waals surface area contributed by atoms with Gasteiger partial charge >= 0.3 is 12.3 Å². The van der Waals surface area contributed by atoms with Gasteiger partial charge in [0.25, 0.3) is 0 Å². The fourth-order valence-electron chi connectivity index (χ4n) is 6.33. The Bertz CT molecular complexity index is 1500. The summed E-state index contributed by atoms with van der Waals surface area (Å²) in [6.45, 7) is 3.27. The van der Waals surface area contributed by atoms with Gasteiger partial charge in [-0.25, -0.2) is 4.79 Å². The van der Waals surface area contributed by atoms with Gasteiger partial charge in [-0.15, -0.1) is 0 Å². The number of unbranched alkanes of at least 4 members (excludes halogenated alkanes) is 1. The topological polar surface area (TPSA) is 44.8 Å². The lowest BCUT2D eigenvalue weighted by Gasteiger charge is -2.36. The molecule has 0 saturated carbocycles. The van der Waals surface area contributed by atoms with Gasteiger partial charge in [-0.3, -0.25) is 4.90 Å². The molecular formula is C34H34F3N3O2S. The highest BCUT2D eigenvalue weighted by atomic mass is 32.1. The molecule has 9 heteroatoms. The molecular weight excluding hydrogens is 571 g/mol. The molecule has 1 amide bonds. The van der Waals surface area contributed by atoms with E-state index in [9.17, 15) is 18.0 Å². The average Bonchev–Trinajstić information content (AvgIpc) is 3.65. The first-order chi connectivity index (χ1) is 20.8. The summed E-state index contributed by atoms with van der Waals surface area (Å²) < 4.78 is 44.5. The van der Waals surface area contributed by atoms with E-state index >= 15 is 0 Å². The molecule has 1 N–H and O–H groups in total. The van der Waals surface area contributed by atoms with Crippen LogP contribution in [-0.4, -0.2) is 56.4 Å². The van der Waals surface area contributed by atoms with Gasteiger partial charge < -0.3 is 15.0 Å². The largest absolute Gasteiger partial charge is 0.433 e. The summed E-state index contributed by atoms with van der Waals surface area (Å²) in [7, 11) is 0. The van der Waals surface area contributed by atoms with Crippen molar-refractivity contribution in [2.45, 2.75) is 31.0 Å². The van der Waals surface area contributed by atoms with E-state index in [1.807, 2.05) is 53.8 Å². The number of nitrogens with zero attached hydrogens (tertiary/aromatic N) is 2. The van der Waals surface area contributed by atoms with Crippen LogP contribution in [0, 0.1) is 0 Å². The summed E-state index contributed by atoms with van der Waals surface area (Å²) in [6, 6.07) is 26.2. The normalized spacial score (nSPS) is 16.0. The number of amides is 1. The maximum Gasteiger partial charge on any atom is 0.408 e. The molecule has 5 nitrogen and oxygen atoms in total.